The maximum atomic E-state index is 11.0. The average molecular weight is 367 g/mol. The molecule has 0 saturated carbocycles. The van der Waals surface area contributed by atoms with Crippen LogP contribution in [0.3, 0.4) is 0 Å². The molecule has 4 rings (SSSR count). The minimum atomic E-state index is -0.779. The van der Waals surface area contributed by atoms with E-state index in [1.54, 1.807) is 0 Å². The van der Waals surface area contributed by atoms with Crippen LogP contribution in [0.1, 0.15) is 17.5 Å². The van der Waals surface area contributed by atoms with E-state index in [0.717, 1.165) is 38.8 Å². The fourth-order valence-corrected chi connectivity index (χ4v) is 3.62. The largest absolute Gasteiger partial charge is 0.481 e. The van der Waals surface area contributed by atoms with Gasteiger partial charge in [-0.05, 0) is 47.4 Å². The first-order valence-corrected chi connectivity index (χ1v) is 9.30. The highest BCUT2D eigenvalue weighted by molar-refractivity contribution is 5.99. The van der Waals surface area contributed by atoms with E-state index in [0.29, 0.717) is 6.42 Å². The van der Waals surface area contributed by atoms with Gasteiger partial charge in [-0.25, -0.2) is 0 Å². The summed E-state index contributed by atoms with van der Waals surface area (Å²) in [7, 11) is 0. The molecule has 0 fully saturated rings. The minimum absolute atomic E-state index is 0.128. The van der Waals surface area contributed by atoms with Crippen LogP contribution in [0.2, 0.25) is 0 Å². The molecule has 0 amide bonds. The number of fused-ring (bicyclic) bond motifs is 1. The molecule has 3 nitrogen and oxygen atoms in total. The smallest absolute Gasteiger partial charge is 0.303 e. The maximum absolute atomic E-state index is 11.0. The van der Waals surface area contributed by atoms with Crippen LogP contribution in [0, 0.1) is 0 Å². The number of para-hydroxylation sites is 1. The summed E-state index contributed by atoms with van der Waals surface area (Å²) in [5, 5.41) is 10.1. The number of rotatable bonds is 6. The van der Waals surface area contributed by atoms with Crippen LogP contribution < -0.4 is 0 Å². The van der Waals surface area contributed by atoms with E-state index in [1.807, 2.05) is 42.5 Å². The number of benzene rings is 3. The van der Waals surface area contributed by atoms with Crippen molar-refractivity contribution in [1.29, 1.82) is 0 Å². The number of aliphatic carboxylic acids is 1. The van der Waals surface area contributed by atoms with Gasteiger partial charge in [0.1, 0.15) is 0 Å². The number of carboxylic acid groups (broad SMARTS) is 1. The molecular weight excluding hydrogens is 346 g/mol. The van der Waals surface area contributed by atoms with Crippen molar-refractivity contribution in [2.75, 3.05) is 0 Å². The van der Waals surface area contributed by atoms with E-state index >= 15 is 0 Å². The Labute approximate surface area is 164 Å². The summed E-state index contributed by atoms with van der Waals surface area (Å²) in [4.78, 5) is 11.0. The summed E-state index contributed by atoms with van der Waals surface area (Å²) in [6.45, 7) is 3.96. The average Bonchev–Trinajstić information content (AvgIpc) is 3.11. The first-order valence-electron chi connectivity index (χ1n) is 9.30. The van der Waals surface area contributed by atoms with Gasteiger partial charge in [-0.3, -0.25) is 4.79 Å². The van der Waals surface area contributed by atoms with Gasteiger partial charge in [-0.2, -0.15) is 0 Å². The van der Waals surface area contributed by atoms with Crippen molar-refractivity contribution in [3.05, 3.63) is 96.7 Å². The zero-order valence-electron chi connectivity index (χ0n) is 15.5. The summed E-state index contributed by atoms with van der Waals surface area (Å²) in [5.41, 5.74) is 6.52. The number of aryl methyl sites for hydroxylation is 1. The molecule has 28 heavy (non-hydrogen) atoms. The highest BCUT2D eigenvalue weighted by Gasteiger charge is 2.14. The van der Waals surface area contributed by atoms with Crippen molar-refractivity contribution in [2.45, 2.75) is 12.8 Å². The number of carbonyl (C=O) groups is 1. The molecule has 0 radical (unpaired) electrons. The Balaban J connectivity index is 1.95. The lowest BCUT2D eigenvalue weighted by Crippen LogP contribution is -1.97. The van der Waals surface area contributed by atoms with Gasteiger partial charge in [0.05, 0.1) is 5.52 Å². The number of aromatic nitrogens is 1. The molecule has 0 unspecified atom stereocenters. The summed E-state index contributed by atoms with van der Waals surface area (Å²) in [6, 6.07) is 24.7. The van der Waals surface area contributed by atoms with E-state index in [-0.39, 0.29) is 6.42 Å². The van der Waals surface area contributed by atoms with E-state index in [2.05, 4.69) is 53.7 Å². The van der Waals surface area contributed by atoms with E-state index in [9.17, 15) is 4.79 Å². The van der Waals surface area contributed by atoms with Crippen LogP contribution in [-0.4, -0.2) is 15.6 Å². The van der Waals surface area contributed by atoms with Crippen LogP contribution in [0.15, 0.2) is 85.6 Å². The second-order valence-electron chi connectivity index (χ2n) is 6.78. The molecule has 0 atom stereocenters. The molecule has 1 heterocycles. The lowest BCUT2D eigenvalue weighted by molar-refractivity contribution is -0.136. The van der Waals surface area contributed by atoms with E-state index < -0.39 is 5.97 Å². The number of hydrogen-bond donors (Lipinski definition) is 1. The third kappa shape index (κ3) is 3.35. The Morgan fingerprint density at radius 1 is 0.964 bits per heavy atom. The second kappa shape index (κ2) is 7.57. The fraction of sp³-hybridized carbons (Fsp3) is 0.0800. The Bertz CT molecular complexity index is 1160. The van der Waals surface area contributed by atoms with Crippen LogP contribution in [0.4, 0.5) is 0 Å². The Morgan fingerprint density at radius 2 is 1.71 bits per heavy atom. The van der Waals surface area contributed by atoms with Gasteiger partial charge >= 0.3 is 5.97 Å². The van der Waals surface area contributed by atoms with Gasteiger partial charge in [-0.15, -0.1) is 0 Å². The Morgan fingerprint density at radius 3 is 2.46 bits per heavy atom. The maximum Gasteiger partial charge on any atom is 0.303 e. The van der Waals surface area contributed by atoms with Crippen molar-refractivity contribution < 1.29 is 9.90 Å². The van der Waals surface area contributed by atoms with Crippen molar-refractivity contribution in [3.63, 3.8) is 0 Å². The standard InChI is InChI=1S/C25H21NO2/c1-2-19-8-6-7-11-21(19)23-17-26(20-9-4-3-5-10-20)24-14-12-18(16-22(23)24)13-15-25(27)28/h2-12,14,16-17H,1,13,15H2,(H,27,28). The van der Waals surface area contributed by atoms with Crippen LogP contribution in [0.5, 0.6) is 0 Å². The molecule has 0 spiro atoms. The molecule has 0 aliphatic heterocycles. The summed E-state index contributed by atoms with van der Waals surface area (Å²) in [5.74, 6) is -0.779. The van der Waals surface area contributed by atoms with Crippen molar-refractivity contribution in [1.82, 2.24) is 4.57 Å². The van der Waals surface area contributed by atoms with E-state index in [4.69, 9.17) is 5.11 Å². The summed E-state index contributed by atoms with van der Waals surface area (Å²) >= 11 is 0. The molecule has 1 aromatic heterocycles. The molecule has 1 N–H and O–H groups in total. The fourth-order valence-electron chi connectivity index (χ4n) is 3.62. The third-order valence-electron chi connectivity index (χ3n) is 5.00. The van der Waals surface area contributed by atoms with Crippen molar-refractivity contribution in [3.8, 4) is 16.8 Å². The first-order chi connectivity index (χ1) is 13.7. The normalized spacial score (nSPS) is 10.9. The third-order valence-corrected chi connectivity index (χ3v) is 5.00. The quantitative estimate of drug-likeness (QED) is 0.457. The monoisotopic (exact) mass is 367 g/mol. The molecule has 0 saturated heterocycles. The van der Waals surface area contributed by atoms with Gasteiger partial charge in [0, 0.05) is 29.3 Å². The molecular formula is C25H21NO2. The van der Waals surface area contributed by atoms with Gasteiger partial charge in [-0.1, -0.05) is 61.2 Å². The predicted octanol–water partition coefficient (Wildman–Crippen LogP) is 5.96. The minimum Gasteiger partial charge on any atom is -0.481 e. The highest BCUT2D eigenvalue weighted by atomic mass is 16.4. The predicted molar refractivity (Wildman–Crippen MR) is 115 cm³/mol. The van der Waals surface area contributed by atoms with Crippen LogP contribution in [-0.2, 0) is 11.2 Å². The molecule has 0 aliphatic carbocycles. The lowest BCUT2D eigenvalue weighted by Gasteiger charge is -2.06. The molecule has 138 valence electrons. The second-order valence-corrected chi connectivity index (χ2v) is 6.78. The lowest BCUT2D eigenvalue weighted by atomic mass is 9.97. The molecule has 0 aliphatic rings. The SMILES string of the molecule is C=Cc1ccccc1-c1cn(-c2ccccc2)c2ccc(CCC(=O)O)cc12. The van der Waals surface area contributed by atoms with Crippen molar-refractivity contribution in [2.24, 2.45) is 0 Å². The van der Waals surface area contributed by atoms with E-state index in [1.165, 1.54) is 0 Å². The summed E-state index contributed by atoms with van der Waals surface area (Å²) < 4.78 is 2.19. The summed E-state index contributed by atoms with van der Waals surface area (Å²) in [6.07, 6.45) is 4.67. The highest BCUT2D eigenvalue weighted by Crippen LogP contribution is 2.35. The number of hydrogen-bond acceptors (Lipinski definition) is 1. The topological polar surface area (TPSA) is 42.2 Å². The zero-order chi connectivity index (χ0) is 19.5. The first kappa shape index (κ1) is 17.8. The molecule has 3 aromatic carbocycles. The van der Waals surface area contributed by atoms with Crippen LogP contribution >= 0.6 is 0 Å². The number of nitrogens with zero attached hydrogens (tertiary/aromatic N) is 1. The molecule has 4 aromatic rings. The zero-order valence-corrected chi connectivity index (χ0v) is 15.5. The van der Waals surface area contributed by atoms with Crippen molar-refractivity contribution >= 4 is 22.9 Å². The number of carboxylic acids is 1. The molecule has 3 heteroatoms. The van der Waals surface area contributed by atoms with Gasteiger partial charge in [0.15, 0.2) is 0 Å². The van der Waals surface area contributed by atoms with Gasteiger partial charge in [0.2, 0.25) is 0 Å². The van der Waals surface area contributed by atoms with Gasteiger partial charge in [0.25, 0.3) is 0 Å². The Kier molecular flexibility index (Phi) is 4.81. The molecule has 0 bridgehead atoms. The van der Waals surface area contributed by atoms with Crippen LogP contribution in [0.25, 0.3) is 33.8 Å². The Hall–Kier alpha value is -3.59. The van der Waals surface area contributed by atoms with Gasteiger partial charge < -0.3 is 9.67 Å².